The van der Waals surface area contributed by atoms with Crippen molar-refractivity contribution in [3.8, 4) is 56.5 Å². The van der Waals surface area contributed by atoms with Crippen LogP contribution in [0.1, 0.15) is 17.1 Å². The lowest BCUT2D eigenvalue weighted by Gasteiger charge is -2.14. The van der Waals surface area contributed by atoms with Crippen LogP contribution in [0.5, 0.6) is 11.5 Å². The number of aromatic nitrogens is 3. The molecule has 0 fully saturated rings. The first kappa shape index (κ1) is 30.9. The van der Waals surface area contributed by atoms with Crippen LogP contribution in [0.15, 0.2) is 63.9 Å². The maximum absolute atomic E-state index is 15.1. The van der Waals surface area contributed by atoms with Gasteiger partial charge in [-0.2, -0.15) is 5.10 Å². The van der Waals surface area contributed by atoms with Gasteiger partial charge in [0.1, 0.15) is 11.5 Å². The number of hydrogen-bond acceptors (Lipinski definition) is 9. The maximum Gasteiger partial charge on any atom is 0.586 e. The van der Waals surface area contributed by atoms with Crippen molar-refractivity contribution in [1.82, 2.24) is 14.8 Å². The molecule has 0 aliphatic carbocycles. The van der Waals surface area contributed by atoms with Gasteiger partial charge in [0.2, 0.25) is 5.91 Å². The highest BCUT2D eigenvalue weighted by atomic mass is 32.2. The second kappa shape index (κ2) is 11.0. The van der Waals surface area contributed by atoms with Gasteiger partial charge in [-0.15, -0.1) is 8.78 Å². The number of oxazole rings is 1. The fraction of sp³-hybridized carbons (Fsp3) is 0.194. The molecule has 46 heavy (non-hydrogen) atoms. The molecule has 3 aromatic carbocycles. The first-order valence-electron chi connectivity index (χ1n) is 13.6. The molecule has 2 aromatic heterocycles. The van der Waals surface area contributed by atoms with E-state index in [0.29, 0.717) is 33.6 Å². The van der Waals surface area contributed by atoms with Crippen molar-refractivity contribution in [3.05, 3.63) is 77.6 Å². The van der Waals surface area contributed by atoms with Crippen LogP contribution in [-0.4, -0.2) is 46.7 Å². The van der Waals surface area contributed by atoms with Crippen LogP contribution in [-0.2, 0) is 34.7 Å². The van der Waals surface area contributed by atoms with E-state index in [2.05, 4.69) is 19.6 Å². The third-order valence-electron chi connectivity index (χ3n) is 7.28. The molecular weight excluding hydrogens is 629 g/mol. The molecule has 1 aliphatic heterocycles. The largest absolute Gasteiger partial charge is 0.586 e. The van der Waals surface area contributed by atoms with E-state index in [1.807, 2.05) is 0 Å². The van der Waals surface area contributed by atoms with Crippen LogP contribution in [0.4, 0.5) is 13.2 Å². The fourth-order valence-electron chi connectivity index (χ4n) is 5.34. The van der Waals surface area contributed by atoms with E-state index in [1.54, 1.807) is 38.2 Å². The van der Waals surface area contributed by atoms with Gasteiger partial charge >= 0.3 is 6.29 Å². The molecule has 0 atom stereocenters. The Labute approximate surface area is 259 Å². The third-order valence-corrected chi connectivity index (χ3v) is 8.44. The van der Waals surface area contributed by atoms with Crippen LogP contribution in [0.2, 0.25) is 0 Å². The molecule has 0 spiro atoms. The number of alkyl halides is 2. The number of sulfone groups is 1. The molecule has 6 rings (SSSR count). The van der Waals surface area contributed by atoms with Crippen molar-refractivity contribution in [2.45, 2.75) is 31.1 Å². The number of halogens is 3. The molecule has 1 amide bonds. The quantitative estimate of drug-likeness (QED) is 0.240. The zero-order valence-corrected chi connectivity index (χ0v) is 25.3. The molecule has 0 unspecified atom stereocenters. The van der Waals surface area contributed by atoms with Crippen LogP contribution in [0, 0.1) is 12.7 Å². The van der Waals surface area contributed by atoms with Gasteiger partial charge in [-0.25, -0.2) is 17.8 Å². The van der Waals surface area contributed by atoms with Crippen molar-refractivity contribution >= 4 is 15.7 Å². The fourth-order valence-corrected chi connectivity index (χ4v) is 6.29. The van der Waals surface area contributed by atoms with E-state index in [-0.39, 0.29) is 51.3 Å². The van der Waals surface area contributed by atoms with Gasteiger partial charge in [0, 0.05) is 42.5 Å². The average molecular weight is 655 g/mol. The second-order valence-corrected chi connectivity index (χ2v) is 12.6. The molecule has 5 aromatic rings. The number of nitrogens with two attached hydrogens (primary N) is 1. The number of carbonyl (C=O) groups is 1. The van der Waals surface area contributed by atoms with Crippen LogP contribution >= 0.6 is 0 Å². The van der Waals surface area contributed by atoms with E-state index in [4.69, 9.17) is 10.2 Å². The summed E-state index contributed by atoms with van der Waals surface area (Å²) in [6.07, 6.45) is -3.05. The number of carbonyl (C=O) groups excluding carboxylic acids is 1. The number of amides is 1. The Morgan fingerprint density at radius 1 is 1.00 bits per heavy atom. The van der Waals surface area contributed by atoms with E-state index in [1.165, 1.54) is 28.9 Å². The Hall–Kier alpha value is -5.15. The minimum Gasteiger partial charge on any atom is -0.440 e. The predicted octanol–water partition coefficient (Wildman–Crippen LogP) is 4.77. The van der Waals surface area contributed by atoms with Gasteiger partial charge in [-0.1, -0.05) is 12.1 Å². The summed E-state index contributed by atoms with van der Waals surface area (Å²) in [6, 6.07) is 13.1. The summed E-state index contributed by atoms with van der Waals surface area (Å²) < 4.78 is 84.4. The standard InChI is InChI=1S/C31H25F3N4O7S/c1-15-36-29(17-5-7-25-26(10-17)45-31(33,34)44-25)30(43-15)21-8-16(18-9-23(32)22(14-39)27(11-18)46(3,41)42)4-6-20(21)24-12-19(13-28(35)40)37-38(24)2/h4-12,39H,13-14H2,1-3H3,(H2,35,40). The van der Waals surface area contributed by atoms with E-state index < -0.39 is 34.5 Å². The molecule has 238 valence electrons. The molecule has 0 saturated heterocycles. The lowest BCUT2D eigenvalue weighted by Crippen LogP contribution is -2.25. The molecular formula is C31H25F3N4O7S. The number of hydrogen-bond donors (Lipinski definition) is 2. The number of primary amides is 1. The molecule has 3 N–H and O–H groups in total. The smallest absolute Gasteiger partial charge is 0.440 e. The zero-order valence-electron chi connectivity index (χ0n) is 24.5. The number of ether oxygens (including phenoxy) is 2. The van der Waals surface area contributed by atoms with E-state index in [9.17, 15) is 27.1 Å². The first-order valence-corrected chi connectivity index (χ1v) is 15.5. The van der Waals surface area contributed by atoms with E-state index in [0.717, 1.165) is 12.3 Å². The maximum atomic E-state index is 15.1. The summed E-state index contributed by atoms with van der Waals surface area (Å²) in [4.78, 5) is 15.7. The van der Waals surface area contributed by atoms with Crippen LogP contribution in [0.3, 0.4) is 0 Å². The molecule has 3 heterocycles. The Balaban J connectivity index is 1.58. The van der Waals surface area contributed by atoms with E-state index >= 15 is 4.39 Å². The highest BCUT2D eigenvalue weighted by Crippen LogP contribution is 2.46. The summed E-state index contributed by atoms with van der Waals surface area (Å²) in [7, 11) is -2.27. The predicted molar refractivity (Wildman–Crippen MR) is 158 cm³/mol. The van der Waals surface area contributed by atoms with Gasteiger partial charge in [0.05, 0.1) is 29.3 Å². The van der Waals surface area contributed by atoms with Crippen molar-refractivity contribution in [1.29, 1.82) is 0 Å². The number of aliphatic hydroxyl groups excluding tert-OH is 1. The van der Waals surface area contributed by atoms with Crippen molar-refractivity contribution in [3.63, 3.8) is 0 Å². The number of fused-ring (bicyclic) bond motifs is 1. The molecule has 0 bridgehead atoms. The lowest BCUT2D eigenvalue weighted by atomic mass is 9.93. The number of nitrogens with zero attached hydrogens (tertiary/aromatic N) is 3. The zero-order chi connectivity index (χ0) is 33.1. The topological polar surface area (TPSA) is 160 Å². The summed E-state index contributed by atoms with van der Waals surface area (Å²) >= 11 is 0. The SMILES string of the molecule is Cc1nc(-c2ccc3c(c2)OC(F)(F)O3)c(-c2cc(-c3cc(F)c(CO)c(S(C)(=O)=O)c3)ccc2-c2cc(CC(N)=O)nn2C)o1. The Bertz CT molecular complexity index is 2160. The molecule has 0 saturated carbocycles. The number of rotatable bonds is 8. The van der Waals surface area contributed by atoms with Gasteiger partial charge in [-0.05, 0) is 53.6 Å². The molecule has 0 radical (unpaired) electrons. The minimum atomic E-state index is -3.93. The van der Waals surface area contributed by atoms with Crippen molar-refractivity contribution in [2.75, 3.05) is 6.26 Å². The number of benzene rings is 3. The lowest BCUT2D eigenvalue weighted by molar-refractivity contribution is -0.286. The van der Waals surface area contributed by atoms with Crippen molar-refractivity contribution in [2.24, 2.45) is 12.8 Å². The van der Waals surface area contributed by atoms with Gasteiger partial charge in [0.15, 0.2) is 33.0 Å². The summed E-state index contributed by atoms with van der Waals surface area (Å²) in [5.41, 5.74) is 8.00. The average Bonchev–Trinajstić information content (AvgIpc) is 3.63. The minimum absolute atomic E-state index is 0.124. The molecule has 11 nitrogen and oxygen atoms in total. The Kier molecular flexibility index (Phi) is 7.40. The molecule has 1 aliphatic rings. The Morgan fingerprint density at radius 3 is 2.41 bits per heavy atom. The normalized spacial score (nSPS) is 13.7. The van der Waals surface area contributed by atoms with Crippen LogP contribution < -0.4 is 15.2 Å². The number of aryl methyl sites for hydroxylation is 2. The molecule has 15 heteroatoms. The van der Waals surface area contributed by atoms with Gasteiger partial charge in [0.25, 0.3) is 0 Å². The first-order chi connectivity index (χ1) is 21.6. The number of aliphatic hydroxyl groups is 1. The highest BCUT2D eigenvalue weighted by molar-refractivity contribution is 7.90. The highest BCUT2D eigenvalue weighted by Gasteiger charge is 2.43. The monoisotopic (exact) mass is 654 g/mol. The summed E-state index contributed by atoms with van der Waals surface area (Å²) in [5.74, 6) is -1.46. The van der Waals surface area contributed by atoms with Crippen LogP contribution in [0.25, 0.3) is 45.0 Å². The third kappa shape index (κ3) is 5.70. The Morgan fingerprint density at radius 2 is 1.72 bits per heavy atom. The van der Waals surface area contributed by atoms with Gasteiger partial charge < -0.3 is 24.7 Å². The summed E-state index contributed by atoms with van der Waals surface area (Å²) in [6.45, 7) is 0.767. The summed E-state index contributed by atoms with van der Waals surface area (Å²) in [5, 5.41) is 14.0. The van der Waals surface area contributed by atoms with Crippen molar-refractivity contribution < 1.29 is 45.4 Å². The van der Waals surface area contributed by atoms with Gasteiger partial charge in [-0.3, -0.25) is 9.48 Å². The second-order valence-electron chi connectivity index (χ2n) is 10.7.